The SMILES string of the molecule is CCC1CN(S(=O)(=O)c2ccc(CCl)cc2OC)CCS1. The van der Waals surface area contributed by atoms with Crippen LogP contribution in [0.3, 0.4) is 0 Å². The number of thioether (sulfide) groups is 1. The molecule has 118 valence electrons. The predicted molar refractivity (Wildman–Crippen MR) is 87.8 cm³/mol. The van der Waals surface area contributed by atoms with Gasteiger partial charge in [0.15, 0.2) is 0 Å². The van der Waals surface area contributed by atoms with Crippen molar-refractivity contribution in [1.29, 1.82) is 0 Å². The Morgan fingerprint density at radius 3 is 2.86 bits per heavy atom. The molecule has 2 rings (SSSR count). The van der Waals surface area contributed by atoms with Gasteiger partial charge in [-0.15, -0.1) is 11.6 Å². The number of benzene rings is 1. The summed E-state index contributed by atoms with van der Waals surface area (Å²) >= 11 is 7.63. The number of methoxy groups -OCH3 is 1. The van der Waals surface area contributed by atoms with Gasteiger partial charge in [0.25, 0.3) is 0 Å². The van der Waals surface area contributed by atoms with E-state index in [1.807, 2.05) is 11.8 Å². The zero-order valence-electron chi connectivity index (χ0n) is 12.2. The van der Waals surface area contributed by atoms with Crippen molar-refractivity contribution in [3.8, 4) is 5.75 Å². The van der Waals surface area contributed by atoms with E-state index >= 15 is 0 Å². The lowest BCUT2D eigenvalue weighted by Gasteiger charge is -2.31. The molecule has 0 aromatic heterocycles. The Kier molecular flexibility index (Phi) is 5.82. The molecule has 1 aromatic rings. The second-order valence-electron chi connectivity index (χ2n) is 4.88. The highest BCUT2D eigenvalue weighted by Crippen LogP contribution is 2.31. The summed E-state index contributed by atoms with van der Waals surface area (Å²) in [6, 6.07) is 5.02. The third kappa shape index (κ3) is 3.67. The quantitative estimate of drug-likeness (QED) is 0.767. The van der Waals surface area contributed by atoms with Crippen LogP contribution in [-0.4, -0.2) is 43.9 Å². The zero-order valence-corrected chi connectivity index (χ0v) is 14.6. The van der Waals surface area contributed by atoms with Crippen LogP contribution in [0.1, 0.15) is 18.9 Å². The number of sulfonamides is 1. The molecule has 21 heavy (non-hydrogen) atoms. The molecule has 0 spiro atoms. The Balaban J connectivity index is 2.35. The maximum Gasteiger partial charge on any atom is 0.246 e. The van der Waals surface area contributed by atoms with Gasteiger partial charge in [0.1, 0.15) is 10.6 Å². The lowest BCUT2D eigenvalue weighted by molar-refractivity contribution is 0.389. The minimum absolute atomic E-state index is 0.223. The van der Waals surface area contributed by atoms with E-state index in [9.17, 15) is 8.42 Å². The predicted octanol–water partition coefficient (Wildman–Crippen LogP) is 2.95. The minimum atomic E-state index is -3.52. The first kappa shape index (κ1) is 16.9. The van der Waals surface area contributed by atoms with E-state index in [0.29, 0.717) is 30.0 Å². The van der Waals surface area contributed by atoms with E-state index in [4.69, 9.17) is 16.3 Å². The third-order valence-corrected chi connectivity index (χ3v) is 7.14. The number of rotatable bonds is 5. The van der Waals surface area contributed by atoms with Crippen molar-refractivity contribution in [3.05, 3.63) is 23.8 Å². The van der Waals surface area contributed by atoms with E-state index in [1.165, 1.54) is 7.11 Å². The van der Waals surface area contributed by atoms with E-state index in [2.05, 4.69) is 6.92 Å². The molecule has 7 heteroatoms. The molecule has 0 saturated carbocycles. The van der Waals surface area contributed by atoms with E-state index in [0.717, 1.165) is 17.7 Å². The fourth-order valence-electron chi connectivity index (χ4n) is 2.30. The molecule has 1 atom stereocenters. The Hall–Kier alpha value is -0.430. The largest absolute Gasteiger partial charge is 0.495 e. The summed E-state index contributed by atoms with van der Waals surface area (Å²) in [5, 5.41) is 0.363. The molecule has 1 aromatic carbocycles. The number of hydrogen-bond acceptors (Lipinski definition) is 4. The number of ether oxygens (including phenoxy) is 1. The van der Waals surface area contributed by atoms with E-state index in [-0.39, 0.29) is 4.90 Å². The minimum Gasteiger partial charge on any atom is -0.495 e. The third-order valence-electron chi connectivity index (χ3n) is 3.56. The van der Waals surface area contributed by atoms with Crippen LogP contribution in [-0.2, 0) is 15.9 Å². The summed E-state index contributed by atoms with van der Waals surface area (Å²) in [7, 11) is -2.04. The normalized spacial score (nSPS) is 20.4. The lowest BCUT2D eigenvalue weighted by atomic mass is 10.2. The van der Waals surface area contributed by atoms with E-state index in [1.54, 1.807) is 22.5 Å². The Morgan fingerprint density at radius 1 is 1.48 bits per heavy atom. The van der Waals surface area contributed by atoms with Crippen LogP contribution in [0.5, 0.6) is 5.75 Å². The van der Waals surface area contributed by atoms with Crippen LogP contribution < -0.4 is 4.74 Å². The lowest BCUT2D eigenvalue weighted by Crippen LogP contribution is -2.41. The number of halogens is 1. The van der Waals surface area contributed by atoms with Gasteiger partial charge in [-0.1, -0.05) is 13.0 Å². The molecule has 1 unspecified atom stereocenters. The fourth-order valence-corrected chi connectivity index (χ4v) is 5.48. The summed E-state index contributed by atoms with van der Waals surface area (Å²) in [6.45, 7) is 3.19. The molecule has 0 radical (unpaired) electrons. The summed E-state index contributed by atoms with van der Waals surface area (Å²) in [6.07, 6.45) is 0.971. The highest BCUT2D eigenvalue weighted by atomic mass is 35.5. The molecule has 0 N–H and O–H groups in total. The molecule has 1 fully saturated rings. The molecular formula is C14H20ClNO3S2. The number of nitrogens with zero attached hydrogens (tertiary/aromatic N) is 1. The molecule has 4 nitrogen and oxygen atoms in total. The standard InChI is InChI=1S/C14H20ClNO3S2/c1-3-12-10-16(6-7-20-12)21(17,18)14-5-4-11(9-15)8-13(14)19-2/h4-5,8,12H,3,6-7,9-10H2,1-2H3. The molecule has 0 amide bonds. The maximum absolute atomic E-state index is 12.8. The molecule has 0 aliphatic carbocycles. The summed E-state index contributed by atoms with van der Waals surface area (Å²) < 4.78 is 32.5. The highest BCUT2D eigenvalue weighted by Gasteiger charge is 2.32. The van der Waals surface area contributed by atoms with Gasteiger partial charge >= 0.3 is 0 Å². The molecule has 1 aliphatic rings. The van der Waals surface area contributed by atoms with Crippen LogP contribution in [0.15, 0.2) is 23.1 Å². The zero-order chi connectivity index (χ0) is 15.5. The van der Waals surface area contributed by atoms with Crippen LogP contribution >= 0.6 is 23.4 Å². The Labute approximate surface area is 135 Å². The van der Waals surface area contributed by atoms with Crippen molar-refractivity contribution in [3.63, 3.8) is 0 Å². The molecule has 0 bridgehead atoms. The molecular weight excluding hydrogens is 330 g/mol. The monoisotopic (exact) mass is 349 g/mol. The van der Waals surface area contributed by atoms with Crippen LogP contribution in [0.4, 0.5) is 0 Å². The Morgan fingerprint density at radius 2 is 2.24 bits per heavy atom. The summed E-state index contributed by atoms with van der Waals surface area (Å²) in [4.78, 5) is 0.223. The Bertz CT molecular complexity index is 592. The maximum atomic E-state index is 12.8. The van der Waals surface area contributed by atoms with Crippen molar-refractivity contribution in [2.75, 3.05) is 26.0 Å². The second kappa shape index (κ2) is 7.22. The van der Waals surface area contributed by atoms with Crippen molar-refractivity contribution in [2.45, 2.75) is 29.4 Å². The molecule has 1 heterocycles. The van der Waals surface area contributed by atoms with Crippen molar-refractivity contribution >= 4 is 33.4 Å². The van der Waals surface area contributed by atoms with Gasteiger partial charge in [0.2, 0.25) is 10.0 Å². The summed E-state index contributed by atoms with van der Waals surface area (Å²) in [5.41, 5.74) is 0.841. The van der Waals surface area contributed by atoms with Crippen molar-refractivity contribution in [1.82, 2.24) is 4.31 Å². The van der Waals surface area contributed by atoms with Gasteiger partial charge < -0.3 is 4.74 Å². The first-order chi connectivity index (χ1) is 10.0. The van der Waals surface area contributed by atoms with Crippen molar-refractivity contribution in [2.24, 2.45) is 0 Å². The van der Waals surface area contributed by atoms with Crippen LogP contribution in [0, 0.1) is 0 Å². The topological polar surface area (TPSA) is 46.6 Å². The average molecular weight is 350 g/mol. The van der Waals surface area contributed by atoms with Gasteiger partial charge in [0, 0.05) is 30.0 Å². The number of hydrogen-bond donors (Lipinski definition) is 0. The van der Waals surface area contributed by atoms with Gasteiger partial charge in [0.05, 0.1) is 7.11 Å². The van der Waals surface area contributed by atoms with Gasteiger partial charge in [-0.25, -0.2) is 8.42 Å². The number of alkyl halides is 1. The first-order valence-electron chi connectivity index (χ1n) is 6.87. The first-order valence-corrected chi connectivity index (χ1v) is 9.90. The molecule has 1 saturated heterocycles. The van der Waals surface area contributed by atoms with Crippen LogP contribution in [0.25, 0.3) is 0 Å². The van der Waals surface area contributed by atoms with Gasteiger partial charge in [-0.3, -0.25) is 0 Å². The highest BCUT2D eigenvalue weighted by molar-refractivity contribution is 8.00. The fraction of sp³-hybridized carbons (Fsp3) is 0.571. The van der Waals surface area contributed by atoms with Crippen molar-refractivity contribution < 1.29 is 13.2 Å². The van der Waals surface area contributed by atoms with Gasteiger partial charge in [-0.2, -0.15) is 16.1 Å². The van der Waals surface area contributed by atoms with Gasteiger partial charge in [-0.05, 0) is 24.1 Å². The molecule has 1 aliphatic heterocycles. The smallest absolute Gasteiger partial charge is 0.246 e. The van der Waals surface area contributed by atoms with Crippen LogP contribution in [0.2, 0.25) is 0 Å². The summed E-state index contributed by atoms with van der Waals surface area (Å²) in [5.74, 6) is 1.52. The van der Waals surface area contributed by atoms with E-state index < -0.39 is 10.0 Å². The average Bonchev–Trinajstić information content (AvgIpc) is 2.54. The second-order valence-corrected chi connectivity index (χ2v) is 8.46.